The van der Waals surface area contributed by atoms with E-state index in [-0.39, 0.29) is 23.3 Å². The van der Waals surface area contributed by atoms with Gasteiger partial charge in [0, 0.05) is 18.3 Å². The van der Waals surface area contributed by atoms with Gasteiger partial charge < -0.3 is 15.6 Å². The molecule has 3 aromatic rings. The minimum Gasteiger partial charge on any atom is -0.380 e. The second-order valence-electron chi connectivity index (χ2n) is 6.18. The van der Waals surface area contributed by atoms with Gasteiger partial charge in [0.1, 0.15) is 0 Å². The number of carbonyl (C=O) groups excluding carboxylic acids is 1. The molecule has 4 rings (SSSR count). The summed E-state index contributed by atoms with van der Waals surface area (Å²) in [5, 5.41) is 6.77. The average Bonchev–Trinajstić information content (AvgIpc) is 2.66. The highest BCUT2D eigenvalue weighted by Gasteiger charge is 2.19. The number of hydrogen-bond donors (Lipinski definition) is 3. The summed E-state index contributed by atoms with van der Waals surface area (Å²) in [5.41, 5.74) is 2.62. The van der Waals surface area contributed by atoms with Crippen molar-refractivity contribution < 1.29 is 4.79 Å². The topological polar surface area (TPSA) is 86.9 Å². The van der Waals surface area contributed by atoms with E-state index in [9.17, 15) is 9.59 Å². The molecule has 1 aliphatic heterocycles. The van der Waals surface area contributed by atoms with Gasteiger partial charge in [0.05, 0.1) is 10.9 Å². The van der Waals surface area contributed by atoms with Crippen molar-refractivity contribution in [2.75, 3.05) is 11.9 Å². The van der Waals surface area contributed by atoms with Crippen LogP contribution in [0.4, 0.5) is 5.69 Å². The molecule has 25 heavy (non-hydrogen) atoms. The number of amides is 1. The Hall–Kier alpha value is -3.15. The number of aromatic nitrogens is 2. The van der Waals surface area contributed by atoms with Crippen LogP contribution in [0.1, 0.15) is 22.6 Å². The molecular weight excluding hydrogens is 316 g/mol. The van der Waals surface area contributed by atoms with Crippen molar-refractivity contribution in [2.45, 2.75) is 18.9 Å². The number of nitrogens with one attached hydrogen (secondary N) is 3. The van der Waals surface area contributed by atoms with Gasteiger partial charge in [0.2, 0.25) is 0 Å². The van der Waals surface area contributed by atoms with Crippen molar-refractivity contribution in [3.8, 4) is 0 Å². The monoisotopic (exact) mass is 334 g/mol. The zero-order chi connectivity index (χ0) is 17.2. The summed E-state index contributed by atoms with van der Waals surface area (Å²) in [5.74, 6) is -0.330. The van der Waals surface area contributed by atoms with Crippen LogP contribution < -0.4 is 16.2 Å². The van der Waals surface area contributed by atoms with Crippen LogP contribution in [0, 0.1) is 0 Å². The maximum Gasteiger partial charge on any atom is 0.287 e. The number of nitrogens with zero attached hydrogens (tertiary/aromatic N) is 1. The second-order valence-corrected chi connectivity index (χ2v) is 6.18. The standard InChI is InChI=1S/C19H18N4O2/c24-18-14-6-2-4-8-16(14)22-17(23-18)19(25)20-11-13-10-9-12-5-1-3-7-15(12)21-13/h1-8,13,21H,9-11H2,(H,20,25)(H,22,23,24). The van der Waals surface area contributed by atoms with Gasteiger partial charge in [-0.05, 0) is 36.6 Å². The molecule has 0 saturated carbocycles. The van der Waals surface area contributed by atoms with Crippen molar-refractivity contribution in [3.63, 3.8) is 0 Å². The fourth-order valence-electron chi connectivity index (χ4n) is 3.15. The van der Waals surface area contributed by atoms with E-state index in [0.717, 1.165) is 18.5 Å². The van der Waals surface area contributed by atoms with E-state index < -0.39 is 0 Å². The van der Waals surface area contributed by atoms with Crippen molar-refractivity contribution in [3.05, 3.63) is 70.3 Å². The number of carbonyl (C=O) groups is 1. The predicted molar refractivity (Wildman–Crippen MR) is 96.9 cm³/mol. The van der Waals surface area contributed by atoms with E-state index in [2.05, 4.69) is 26.7 Å². The van der Waals surface area contributed by atoms with Crippen LogP contribution in [0.3, 0.4) is 0 Å². The SMILES string of the molecule is O=C(NCC1CCc2ccccc2N1)c1nc2ccccc2c(=O)[nH]1. The fraction of sp³-hybridized carbons (Fsp3) is 0.211. The molecule has 0 bridgehead atoms. The van der Waals surface area contributed by atoms with E-state index in [4.69, 9.17) is 0 Å². The van der Waals surface area contributed by atoms with Crippen LogP contribution in [-0.2, 0) is 6.42 Å². The molecule has 6 heteroatoms. The van der Waals surface area contributed by atoms with Gasteiger partial charge in [-0.25, -0.2) is 4.98 Å². The summed E-state index contributed by atoms with van der Waals surface area (Å²) in [4.78, 5) is 31.2. The first-order valence-electron chi connectivity index (χ1n) is 8.32. The molecule has 3 N–H and O–H groups in total. The van der Waals surface area contributed by atoms with Gasteiger partial charge in [-0.1, -0.05) is 30.3 Å². The first kappa shape index (κ1) is 15.4. The van der Waals surface area contributed by atoms with Crippen molar-refractivity contribution >= 4 is 22.5 Å². The maximum absolute atomic E-state index is 12.4. The van der Waals surface area contributed by atoms with Gasteiger partial charge in [-0.15, -0.1) is 0 Å². The Kier molecular flexibility index (Phi) is 3.93. The molecule has 0 saturated heterocycles. The summed E-state index contributed by atoms with van der Waals surface area (Å²) in [6.07, 6.45) is 1.92. The Morgan fingerprint density at radius 1 is 1.16 bits per heavy atom. The lowest BCUT2D eigenvalue weighted by Gasteiger charge is -2.27. The van der Waals surface area contributed by atoms with Crippen LogP contribution in [0.25, 0.3) is 10.9 Å². The molecule has 1 amide bonds. The lowest BCUT2D eigenvalue weighted by atomic mass is 9.98. The molecule has 2 heterocycles. The number of benzene rings is 2. The van der Waals surface area contributed by atoms with Gasteiger partial charge in [-0.2, -0.15) is 0 Å². The van der Waals surface area contributed by atoms with E-state index in [1.165, 1.54) is 5.56 Å². The minimum atomic E-state index is -0.372. The zero-order valence-electron chi connectivity index (χ0n) is 13.6. The molecule has 1 aromatic heterocycles. The van der Waals surface area contributed by atoms with E-state index in [1.54, 1.807) is 24.3 Å². The summed E-state index contributed by atoms with van der Waals surface area (Å²) < 4.78 is 0. The average molecular weight is 334 g/mol. The lowest BCUT2D eigenvalue weighted by molar-refractivity contribution is 0.0941. The summed E-state index contributed by atoms with van der Waals surface area (Å²) in [7, 11) is 0. The van der Waals surface area contributed by atoms with Crippen LogP contribution in [0.2, 0.25) is 0 Å². The molecule has 1 aliphatic rings. The Bertz CT molecular complexity index is 996. The van der Waals surface area contributed by atoms with Crippen molar-refractivity contribution in [1.82, 2.24) is 15.3 Å². The summed E-state index contributed by atoms with van der Waals surface area (Å²) in [6, 6.07) is 15.3. The Balaban J connectivity index is 1.45. The third kappa shape index (κ3) is 3.10. The number of H-pyrrole nitrogens is 1. The normalized spacial score (nSPS) is 16.1. The number of aryl methyl sites for hydroxylation is 1. The minimum absolute atomic E-state index is 0.0416. The molecule has 126 valence electrons. The molecule has 0 fully saturated rings. The van der Waals surface area contributed by atoms with Crippen LogP contribution in [-0.4, -0.2) is 28.5 Å². The van der Waals surface area contributed by atoms with Crippen LogP contribution in [0.15, 0.2) is 53.3 Å². The first-order chi connectivity index (χ1) is 12.2. The van der Waals surface area contributed by atoms with E-state index in [1.807, 2.05) is 18.2 Å². The summed E-state index contributed by atoms with van der Waals surface area (Å²) in [6.45, 7) is 0.476. The van der Waals surface area contributed by atoms with Crippen molar-refractivity contribution in [2.24, 2.45) is 0 Å². The molecular formula is C19H18N4O2. The van der Waals surface area contributed by atoms with E-state index in [0.29, 0.717) is 17.4 Å². The smallest absolute Gasteiger partial charge is 0.287 e. The maximum atomic E-state index is 12.4. The number of rotatable bonds is 3. The quantitative estimate of drug-likeness (QED) is 0.684. The van der Waals surface area contributed by atoms with Crippen molar-refractivity contribution in [1.29, 1.82) is 0 Å². The highest BCUT2D eigenvalue weighted by atomic mass is 16.2. The molecule has 2 aromatic carbocycles. The molecule has 6 nitrogen and oxygen atoms in total. The Morgan fingerprint density at radius 2 is 1.96 bits per heavy atom. The Labute approximate surface area is 144 Å². The number of aromatic amines is 1. The van der Waals surface area contributed by atoms with Gasteiger partial charge in [-0.3, -0.25) is 9.59 Å². The third-order valence-corrected chi connectivity index (χ3v) is 4.48. The van der Waals surface area contributed by atoms with Crippen LogP contribution >= 0.6 is 0 Å². The third-order valence-electron chi connectivity index (χ3n) is 4.48. The molecule has 0 radical (unpaired) electrons. The number of fused-ring (bicyclic) bond motifs is 2. The van der Waals surface area contributed by atoms with Gasteiger partial charge >= 0.3 is 0 Å². The van der Waals surface area contributed by atoms with Crippen LogP contribution in [0.5, 0.6) is 0 Å². The number of para-hydroxylation sites is 2. The highest BCUT2D eigenvalue weighted by Crippen LogP contribution is 2.23. The highest BCUT2D eigenvalue weighted by molar-refractivity contribution is 5.92. The lowest BCUT2D eigenvalue weighted by Crippen LogP contribution is -2.39. The zero-order valence-corrected chi connectivity index (χ0v) is 13.6. The Morgan fingerprint density at radius 3 is 2.88 bits per heavy atom. The molecule has 1 unspecified atom stereocenters. The summed E-state index contributed by atoms with van der Waals surface area (Å²) >= 11 is 0. The van der Waals surface area contributed by atoms with Gasteiger partial charge in [0.25, 0.3) is 11.5 Å². The molecule has 0 spiro atoms. The van der Waals surface area contributed by atoms with E-state index >= 15 is 0 Å². The van der Waals surface area contributed by atoms with Gasteiger partial charge in [0.15, 0.2) is 5.82 Å². The predicted octanol–water partition coefficient (Wildman–Crippen LogP) is 2.08. The first-order valence-corrected chi connectivity index (χ1v) is 8.32. The number of anilines is 1. The molecule has 0 aliphatic carbocycles. The second kappa shape index (κ2) is 6.39. The number of hydrogen-bond acceptors (Lipinski definition) is 4. The fourth-order valence-corrected chi connectivity index (χ4v) is 3.15. The largest absolute Gasteiger partial charge is 0.380 e. The molecule has 1 atom stereocenters.